The Morgan fingerprint density at radius 1 is 1.42 bits per heavy atom. The van der Waals surface area contributed by atoms with Crippen molar-refractivity contribution in [3.63, 3.8) is 0 Å². The molecule has 0 saturated heterocycles. The summed E-state index contributed by atoms with van der Waals surface area (Å²) in [5.74, 6) is -2.22. The first-order valence-corrected chi connectivity index (χ1v) is 8.52. The fraction of sp³-hybridized carbons (Fsp3) is 0.500. The Balaban J connectivity index is 2.78. The Hall–Kier alpha value is -1.57. The molecule has 1 aromatic rings. The SMILES string of the molecule is CC1=NC(C(C)C)C(C)(C(=O)O)C(c2ccc(Cl)cc2Cl)C1C#N. The number of nitrogens with zero attached hydrogens (tertiary/aromatic N) is 2. The molecular weight excluding hydrogens is 347 g/mol. The van der Waals surface area contributed by atoms with Crippen molar-refractivity contribution in [2.24, 2.45) is 22.2 Å². The highest BCUT2D eigenvalue weighted by Crippen LogP contribution is 2.52. The van der Waals surface area contributed by atoms with Crippen LogP contribution in [-0.2, 0) is 4.79 Å². The Bertz CT molecular complexity index is 739. The molecule has 6 heteroatoms. The Morgan fingerprint density at radius 3 is 2.50 bits per heavy atom. The normalized spacial score (nSPS) is 29.9. The summed E-state index contributed by atoms with van der Waals surface area (Å²) in [5.41, 5.74) is 0.0225. The number of carbonyl (C=O) groups is 1. The number of carboxylic acid groups (broad SMARTS) is 1. The Labute approximate surface area is 152 Å². The van der Waals surface area contributed by atoms with Gasteiger partial charge in [-0.05, 0) is 37.5 Å². The van der Waals surface area contributed by atoms with Gasteiger partial charge < -0.3 is 5.11 Å². The van der Waals surface area contributed by atoms with Crippen LogP contribution in [-0.4, -0.2) is 22.8 Å². The van der Waals surface area contributed by atoms with Crippen molar-refractivity contribution in [1.29, 1.82) is 5.26 Å². The largest absolute Gasteiger partial charge is 0.481 e. The van der Waals surface area contributed by atoms with E-state index in [0.717, 1.165) is 0 Å². The number of nitriles is 1. The molecule has 24 heavy (non-hydrogen) atoms. The van der Waals surface area contributed by atoms with Gasteiger partial charge in [-0.25, -0.2) is 0 Å². The number of hydrogen-bond donors (Lipinski definition) is 1. The maximum absolute atomic E-state index is 12.3. The van der Waals surface area contributed by atoms with Gasteiger partial charge in [-0.2, -0.15) is 5.26 Å². The zero-order valence-electron chi connectivity index (χ0n) is 14.0. The maximum atomic E-state index is 12.3. The first kappa shape index (κ1) is 18.8. The van der Waals surface area contributed by atoms with Crippen LogP contribution in [0.5, 0.6) is 0 Å². The molecule has 1 N–H and O–H groups in total. The van der Waals surface area contributed by atoms with E-state index in [1.165, 1.54) is 0 Å². The Morgan fingerprint density at radius 2 is 2.04 bits per heavy atom. The van der Waals surface area contributed by atoms with Crippen LogP contribution >= 0.6 is 23.2 Å². The molecule has 2 rings (SSSR count). The van der Waals surface area contributed by atoms with E-state index in [-0.39, 0.29) is 5.92 Å². The molecule has 1 aliphatic heterocycles. The average Bonchev–Trinajstić information content (AvgIpc) is 2.49. The summed E-state index contributed by atoms with van der Waals surface area (Å²) in [7, 11) is 0. The quantitative estimate of drug-likeness (QED) is 0.833. The van der Waals surface area contributed by atoms with Crippen LogP contribution in [0.15, 0.2) is 23.2 Å². The molecule has 0 amide bonds. The molecular formula is C18H20Cl2N2O2. The topological polar surface area (TPSA) is 73.4 Å². The number of aliphatic carboxylic acids is 1. The molecule has 1 heterocycles. The van der Waals surface area contributed by atoms with E-state index in [4.69, 9.17) is 23.2 Å². The Kier molecular flexibility index (Phi) is 5.27. The summed E-state index contributed by atoms with van der Waals surface area (Å²) in [6.07, 6.45) is 0. The van der Waals surface area contributed by atoms with Crippen molar-refractivity contribution in [3.05, 3.63) is 33.8 Å². The zero-order chi connectivity index (χ0) is 18.2. The average molecular weight is 367 g/mol. The van der Waals surface area contributed by atoms with Crippen molar-refractivity contribution < 1.29 is 9.90 Å². The monoisotopic (exact) mass is 366 g/mol. The lowest BCUT2D eigenvalue weighted by atomic mass is 9.59. The molecule has 1 aromatic carbocycles. The summed E-state index contributed by atoms with van der Waals surface area (Å²) >= 11 is 12.3. The van der Waals surface area contributed by atoms with Crippen LogP contribution in [0.25, 0.3) is 0 Å². The van der Waals surface area contributed by atoms with Crippen LogP contribution in [0.4, 0.5) is 0 Å². The third-order valence-corrected chi connectivity index (χ3v) is 5.48. The molecule has 4 unspecified atom stereocenters. The van der Waals surface area contributed by atoms with Crippen molar-refractivity contribution in [2.45, 2.75) is 39.7 Å². The molecule has 0 bridgehead atoms. The van der Waals surface area contributed by atoms with Gasteiger partial charge in [0.15, 0.2) is 0 Å². The second-order valence-electron chi connectivity index (χ2n) is 6.80. The van der Waals surface area contributed by atoms with E-state index in [0.29, 0.717) is 21.3 Å². The molecule has 0 saturated carbocycles. The number of aliphatic imine (C=N–C) groups is 1. The molecule has 4 nitrogen and oxygen atoms in total. The second kappa shape index (κ2) is 6.74. The maximum Gasteiger partial charge on any atom is 0.312 e. The third kappa shape index (κ3) is 2.92. The van der Waals surface area contributed by atoms with Crippen molar-refractivity contribution in [1.82, 2.24) is 0 Å². The molecule has 0 aliphatic carbocycles. The molecule has 4 atom stereocenters. The third-order valence-electron chi connectivity index (χ3n) is 4.92. The van der Waals surface area contributed by atoms with Crippen LogP contribution in [0.2, 0.25) is 10.0 Å². The standard InChI is InChI=1S/C18H20Cl2N2O2/c1-9(2)16-18(4,17(23)24)15(13(8-21)10(3)22-16)12-6-5-11(19)7-14(12)20/h5-7,9,13,15-16H,1-4H3,(H,23,24). The van der Waals surface area contributed by atoms with Gasteiger partial charge >= 0.3 is 5.97 Å². The summed E-state index contributed by atoms with van der Waals surface area (Å²) in [4.78, 5) is 16.8. The van der Waals surface area contributed by atoms with Gasteiger partial charge in [-0.3, -0.25) is 9.79 Å². The van der Waals surface area contributed by atoms with E-state index < -0.39 is 29.3 Å². The molecule has 128 valence electrons. The summed E-state index contributed by atoms with van der Waals surface area (Å²) in [5, 5.41) is 20.6. The molecule has 0 radical (unpaired) electrons. The van der Waals surface area contributed by atoms with Gasteiger partial charge in [-0.1, -0.05) is 43.1 Å². The predicted molar refractivity (Wildman–Crippen MR) is 95.8 cm³/mol. The highest BCUT2D eigenvalue weighted by molar-refractivity contribution is 6.35. The van der Waals surface area contributed by atoms with Gasteiger partial charge in [0.25, 0.3) is 0 Å². The highest BCUT2D eigenvalue weighted by atomic mass is 35.5. The summed E-state index contributed by atoms with van der Waals surface area (Å²) in [6.45, 7) is 7.32. The lowest BCUT2D eigenvalue weighted by Crippen LogP contribution is -2.53. The van der Waals surface area contributed by atoms with E-state index in [1.54, 1.807) is 32.0 Å². The van der Waals surface area contributed by atoms with Crippen LogP contribution in [0.3, 0.4) is 0 Å². The van der Waals surface area contributed by atoms with Gasteiger partial charge in [0.2, 0.25) is 0 Å². The highest BCUT2D eigenvalue weighted by Gasteiger charge is 2.56. The predicted octanol–water partition coefficient (Wildman–Crippen LogP) is 4.81. The number of benzene rings is 1. The van der Waals surface area contributed by atoms with Crippen LogP contribution < -0.4 is 0 Å². The minimum Gasteiger partial charge on any atom is -0.481 e. The van der Waals surface area contributed by atoms with E-state index >= 15 is 0 Å². The van der Waals surface area contributed by atoms with E-state index in [2.05, 4.69) is 11.1 Å². The number of halogens is 2. The molecule has 0 aromatic heterocycles. The summed E-state index contributed by atoms with van der Waals surface area (Å²) < 4.78 is 0. The molecule has 0 fully saturated rings. The van der Waals surface area contributed by atoms with Gasteiger partial charge in [0.05, 0.1) is 23.4 Å². The first-order valence-electron chi connectivity index (χ1n) is 7.76. The van der Waals surface area contributed by atoms with Gasteiger partial charge in [-0.15, -0.1) is 0 Å². The van der Waals surface area contributed by atoms with E-state index in [1.807, 2.05) is 13.8 Å². The fourth-order valence-electron chi connectivity index (χ4n) is 3.73. The second-order valence-corrected chi connectivity index (χ2v) is 7.64. The summed E-state index contributed by atoms with van der Waals surface area (Å²) in [6, 6.07) is 6.75. The van der Waals surface area contributed by atoms with Gasteiger partial charge in [0, 0.05) is 21.7 Å². The van der Waals surface area contributed by atoms with Crippen LogP contribution in [0.1, 0.15) is 39.2 Å². The lowest BCUT2D eigenvalue weighted by Gasteiger charge is -2.46. The lowest BCUT2D eigenvalue weighted by molar-refractivity contribution is -0.152. The number of hydrogen-bond acceptors (Lipinski definition) is 3. The smallest absolute Gasteiger partial charge is 0.312 e. The van der Waals surface area contributed by atoms with Gasteiger partial charge in [0.1, 0.15) is 0 Å². The molecule has 0 spiro atoms. The number of rotatable bonds is 3. The fourth-order valence-corrected chi connectivity index (χ4v) is 4.26. The zero-order valence-corrected chi connectivity index (χ0v) is 15.6. The first-order chi connectivity index (χ1) is 11.1. The van der Waals surface area contributed by atoms with Crippen LogP contribution in [0, 0.1) is 28.6 Å². The van der Waals surface area contributed by atoms with Crippen molar-refractivity contribution >= 4 is 34.9 Å². The van der Waals surface area contributed by atoms with E-state index in [9.17, 15) is 15.2 Å². The number of carboxylic acids is 1. The molecule has 1 aliphatic rings. The van der Waals surface area contributed by atoms with Crippen molar-refractivity contribution in [3.8, 4) is 6.07 Å². The van der Waals surface area contributed by atoms with Crippen molar-refractivity contribution in [2.75, 3.05) is 0 Å². The minimum absolute atomic E-state index is 0.00858. The minimum atomic E-state index is -1.24.